The van der Waals surface area contributed by atoms with Crippen LogP contribution in [0.4, 0.5) is 0 Å². The number of aromatic nitrogens is 1. The molecule has 0 saturated heterocycles. The number of hydrogen-bond donors (Lipinski definition) is 1. The Hall–Kier alpha value is -1.99. The number of carbonyl (C=O) groups is 1. The number of nitrogens with zero attached hydrogens (tertiary/aromatic N) is 1. The smallest absolute Gasteiger partial charge is 0.240 e. The number of aryl methyl sites for hydroxylation is 2. The predicted molar refractivity (Wildman–Crippen MR) is 85.9 cm³/mol. The van der Waals surface area contributed by atoms with Gasteiger partial charge in [-0.3, -0.25) is 4.79 Å². The lowest BCUT2D eigenvalue weighted by atomic mass is 10.1. The third kappa shape index (κ3) is 4.05. The van der Waals surface area contributed by atoms with Crippen LogP contribution in [0, 0.1) is 13.8 Å². The van der Waals surface area contributed by atoms with Crippen molar-refractivity contribution < 1.29 is 17.7 Å². The Balaban J connectivity index is 2.09. The maximum atomic E-state index is 12.3. The van der Waals surface area contributed by atoms with Gasteiger partial charge in [0.2, 0.25) is 10.0 Å². The fourth-order valence-corrected chi connectivity index (χ4v) is 3.37. The number of ketones is 1. The first kappa shape index (κ1) is 17.4. The molecule has 7 heteroatoms. The lowest BCUT2D eigenvalue weighted by molar-refractivity contribution is 0.0988. The SMILES string of the molecule is CCC(=O)c1cccc(S(=O)(=O)NCCc2c(C)noc2C)c1. The van der Waals surface area contributed by atoms with Gasteiger partial charge in [-0.15, -0.1) is 0 Å². The molecule has 0 fully saturated rings. The van der Waals surface area contributed by atoms with Crippen molar-refractivity contribution in [3.05, 3.63) is 46.8 Å². The van der Waals surface area contributed by atoms with Crippen LogP contribution in [0.1, 0.15) is 40.7 Å². The number of benzene rings is 1. The van der Waals surface area contributed by atoms with Crippen molar-refractivity contribution in [2.45, 2.75) is 38.5 Å². The standard InChI is InChI=1S/C16H20N2O4S/c1-4-16(19)13-6-5-7-14(10-13)23(20,21)17-9-8-15-11(2)18-22-12(15)3/h5-7,10,17H,4,8-9H2,1-3H3. The maximum Gasteiger partial charge on any atom is 0.240 e. The summed E-state index contributed by atoms with van der Waals surface area (Å²) < 4.78 is 32.3. The Morgan fingerprint density at radius 2 is 2.04 bits per heavy atom. The van der Waals surface area contributed by atoms with Crippen molar-refractivity contribution in [2.24, 2.45) is 0 Å². The summed E-state index contributed by atoms with van der Waals surface area (Å²) in [6, 6.07) is 6.08. The number of Topliss-reactive ketones (excluding diaryl/α,β-unsaturated/α-hetero) is 1. The Kier molecular flexibility index (Phi) is 5.33. The van der Waals surface area contributed by atoms with E-state index in [2.05, 4.69) is 9.88 Å². The van der Waals surface area contributed by atoms with Gasteiger partial charge < -0.3 is 4.52 Å². The topological polar surface area (TPSA) is 89.3 Å². The highest BCUT2D eigenvalue weighted by atomic mass is 32.2. The van der Waals surface area contributed by atoms with Crippen LogP contribution in [0.15, 0.2) is 33.7 Å². The zero-order chi connectivity index (χ0) is 17.0. The van der Waals surface area contributed by atoms with Crippen LogP contribution in [0.2, 0.25) is 0 Å². The Morgan fingerprint density at radius 3 is 2.65 bits per heavy atom. The molecule has 0 amide bonds. The molecule has 0 aliphatic carbocycles. The quantitative estimate of drug-likeness (QED) is 0.784. The highest BCUT2D eigenvalue weighted by molar-refractivity contribution is 7.89. The first-order chi connectivity index (χ1) is 10.8. The van der Waals surface area contributed by atoms with Gasteiger partial charge in [0.1, 0.15) is 5.76 Å². The van der Waals surface area contributed by atoms with E-state index in [1.54, 1.807) is 26.0 Å². The number of rotatable bonds is 7. The molecule has 2 aromatic rings. The van der Waals surface area contributed by atoms with E-state index < -0.39 is 10.0 Å². The summed E-state index contributed by atoms with van der Waals surface area (Å²) in [5, 5.41) is 3.84. The fraction of sp³-hybridized carbons (Fsp3) is 0.375. The van der Waals surface area contributed by atoms with Crippen LogP contribution in [0.5, 0.6) is 0 Å². The number of hydrogen-bond acceptors (Lipinski definition) is 5. The van der Waals surface area contributed by atoms with Crippen LogP contribution >= 0.6 is 0 Å². The fourth-order valence-electron chi connectivity index (χ4n) is 2.29. The van der Waals surface area contributed by atoms with Gasteiger partial charge in [-0.25, -0.2) is 13.1 Å². The minimum absolute atomic E-state index is 0.0854. The van der Waals surface area contributed by atoms with E-state index in [0.29, 0.717) is 24.2 Å². The van der Waals surface area contributed by atoms with Gasteiger partial charge in [0.05, 0.1) is 10.6 Å². The van der Waals surface area contributed by atoms with Gasteiger partial charge in [-0.1, -0.05) is 24.2 Å². The number of sulfonamides is 1. The summed E-state index contributed by atoms with van der Waals surface area (Å²) in [7, 11) is -3.66. The highest BCUT2D eigenvalue weighted by Gasteiger charge is 2.16. The van der Waals surface area contributed by atoms with Gasteiger partial charge in [0.15, 0.2) is 5.78 Å². The average molecular weight is 336 g/mol. The molecule has 1 N–H and O–H groups in total. The molecule has 0 unspecified atom stereocenters. The van der Waals surface area contributed by atoms with E-state index in [1.807, 2.05) is 6.92 Å². The van der Waals surface area contributed by atoms with Crippen molar-refractivity contribution in [3.8, 4) is 0 Å². The van der Waals surface area contributed by atoms with Gasteiger partial charge in [-0.2, -0.15) is 0 Å². The molecule has 1 aromatic heterocycles. The van der Waals surface area contributed by atoms with E-state index >= 15 is 0 Å². The largest absolute Gasteiger partial charge is 0.361 e. The van der Waals surface area contributed by atoms with E-state index in [4.69, 9.17) is 4.52 Å². The zero-order valence-electron chi connectivity index (χ0n) is 13.4. The summed E-state index contributed by atoms with van der Waals surface area (Å²) in [6.45, 7) is 5.59. The second kappa shape index (κ2) is 7.06. The molecule has 0 bridgehead atoms. The third-order valence-corrected chi connectivity index (χ3v) is 5.09. The number of carbonyl (C=O) groups excluding carboxylic acids is 1. The normalized spacial score (nSPS) is 11.6. The summed E-state index contributed by atoms with van der Waals surface area (Å²) in [4.78, 5) is 11.8. The molecule has 124 valence electrons. The zero-order valence-corrected chi connectivity index (χ0v) is 14.2. The Morgan fingerprint density at radius 1 is 1.30 bits per heavy atom. The average Bonchev–Trinajstić information content (AvgIpc) is 2.86. The Labute approximate surface area is 135 Å². The molecule has 1 aromatic carbocycles. The van der Waals surface area contributed by atoms with Crippen LogP contribution in [-0.2, 0) is 16.4 Å². The van der Waals surface area contributed by atoms with Crippen molar-refractivity contribution >= 4 is 15.8 Å². The lowest BCUT2D eigenvalue weighted by Gasteiger charge is -2.08. The monoisotopic (exact) mass is 336 g/mol. The lowest BCUT2D eigenvalue weighted by Crippen LogP contribution is -2.26. The molecule has 2 rings (SSSR count). The van der Waals surface area contributed by atoms with Crippen molar-refractivity contribution in [3.63, 3.8) is 0 Å². The second-order valence-electron chi connectivity index (χ2n) is 5.26. The molecule has 0 spiro atoms. The Bertz CT molecular complexity index is 790. The highest BCUT2D eigenvalue weighted by Crippen LogP contribution is 2.15. The molecule has 6 nitrogen and oxygen atoms in total. The van der Waals surface area contributed by atoms with E-state index in [0.717, 1.165) is 11.3 Å². The minimum Gasteiger partial charge on any atom is -0.361 e. The van der Waals surface area contributed by atoms with Gasteiger partial charge in [-0.05, 0) is 32.4 Å². The van der Waals surface area contributed by atoms with Gasteiger partial charge >= 0.3 is 0 Å². The summed E-state index contributed by atoms with van der Waals surface area (Å²) in [5.74, 6) is 0.606. The molecular weight excluding hydrogens is 316 g/mol. The van der Waals surface area contributed by atoms with Crippen molar-refractivity contribution in [1.82, 2.24) is 9.88 Å². The van der Waals surface area contributed by atoms with Crippen molar-refractivity contribution in [2.75, 3.05) is 6.54 Å². The predicted octanol–water partition coefficient (Wildman–Crippen LogP) is 2.41. The molecule has 0 atom stereocenters. The summed E-state index contributed by atoms with van der Waals surface area (Å²) >= 11 is 0. The van der Waals surface area contributed by atoms with Gasteiger partial charge in [0, 0.05) is 24.1 Å². The third-order valence-electron chi connectivity index (χ3n) is 3.64. The minimum atomic E-state index is -3.66. The molecule has 0 aliphatic heterocycles. The van der Waals surface area contributed by atoms with Crippen LogP contribution in [0.3, 0.4) is 0 Å². The summed E-state index contributed by atoms with van der Waals surface area (Å²) in [5.41, 5.74) is 2.07. The maximum absolute atomic E-state index is 12.3. The molecule has 0 aliphatic rings. The molecule has 0 saturated carbocycles. The number of nitrogens with one attached hydrogen (secondary N) is 1. The summed E-state index contributed by atoms with van der Waals surface area (Å²) in [6.07, 6.45) is 0.830. The van der Waals surface area contributed by atoms with Crippen LogP contribution in [0.25, 0.3) is 0 Å². The molecule has 1 heterocycles. The van der Waals surface area contributed by atoms with Crippen LogP contribution in [-0.4, -0.2) is 25.9 Å². The first-order valence-corrected chi connectivity index (χ1v) is 8.88. The molecular formula is C16H20N2O4S. The molecule has 0 radical (unpaired) electrons. The van der Waals surface area contributed by atoms with Crippen molar-refractivity contribution in [1.29, 1.82) is 0 Å². The van der Waals surface area contributed by atoms with E-state index in [-0.39, 0.29) is 17.2 Å². The van der Waals surface area contributed by atoms with E-state index in [9.17, 15) is 13.2 Å². The van der Waals surface area contributed by atoms with Gasteiger partial charge in [0.25, 0.3) is 0 Å². The molecule has 23 heavy (non-hydrogen) atoms. The first-order valence-electron chi connectivity index (χ1n) is 7.40. The van der Waals surface area contributed by atoms with Crippen LogP contribution < -0.4 is 4.72 Å². The second-order valence-corrected chi connectivity index (χ2v) is 7.02. The van der Waals surface area contributed by atoms with E-state index in [1.165, 1.54) is 12.1 Å².